The number of alkyl halides is 1. The molecule has 1 unspecified atom stereocenters. The number of pyridine rings is 1. The molecule has 1 aliphatic rings. The Morgan fingerprint density at radius 3 is 3.06 bits per heavy atom. The molecule has 0 radical (unpaired) electrons. The fraction of sp³-hybridized carbons (Fsp3) is 0.462. The largest absolute Gasteiger partial charge is 0.495 e. The third kappa shape index (κ3) is 2.76. The maximum Gasteiger partial charge on any atom is 0.137 e. The van der Waals surface area contributed by atoms with E-state index in [1.807, 2.05) is 12.3 Å². The molecule has 1 heterocycles. The molecular weight excluding hydrogens is 222 g/mol. The first-order valence-electron chi connectivity index (χ1n) is 5.64. The number of aromatic nitrogens is 1. The van der Waals surface area contributed by atoms with Crippen LogP contribution in [0.3, 0.4) is 0 Å². The minimum absolute atomic E-state index is 0.156. The smallest absolute Gasteiger partial charge is 0.137 e. The summed E-state index contributed by atoms with van der Waals surface area (Å²) in [5, 5.41) is 0.156. The fourth-order valence-electron chi connectivity index (χ4n) is 1.99. The highest BCUT2D eigenvalue weighted by atomic mass is 35.5. The molecule has 1 aliphatic carbocycles. The average molecular weight is 238 g/mol. The van der Waals surface area contributed by atoms with E-state index >= 15 is 0 Å². The summed E-state index contributed by atoms with van der Waals surface area (Å²) in [5.74, 6) is 0.800. The molecule has 2 rings (SSSR count). The van der Waals surface area contributed by atoms with E-state index in [9.17, 15) is 0 Å². The van der Waals surface area contributed by atoms with Crippen molar-refractivity contribution in [3.05, 3.63) is 30.1 Å². The molecule has 0 bridgehead atoms. The summed E-state index contributed by atoms with van der Waals surface area (Å²) in [6, 6.07) is 2.02. The molecule has 16 heavy (non-hydrogen) atoms. The first-order chi connectivity index (χ1) is 7.79. The summed E-state index contributed by atoms with van der Waals surface area (Å²) < 4.78 is 5.18. The molecule has 0 saturated carbocycles. The molecule has 1 atom stereocenters. The van der Waals surface area contributed by atoms with Gasteiger partial charge in [-0.2, -0.15) is 0 Å². The molecule has 0 N–H and O–H groups in total. The standard InChI is InChI=1S/C13H16ClNO/c1-16-13-7-11(8-15-9-13)10-4-2-3-5-12(14)6-10/h6-9,12H,2-5H2,1H3. The lowest BCUT2D eigenvalue weighted by Gasteiger charge is -2.07. The first kappa shape index (κ1) is 11.5. The van der Waals surface area contributed by atoms with E-state index in [-0.39, 0.29) is 5.38 Å². The van der Waals surface area contributed by atoms with Gasteiger partial charge >= 0.3 is 0 Å². The van der Waals surface area contributed by atoms with Gasteiger partial charge in [-0.05, 0) is 36.5 Å². The van der Waals surface area contributed by atoms with Crippen LogP contribution in [0.1, 0.15) is 31.2 Å². The van der Waals surface area contributed by atoms with Crippen molar-refractivity contribution in [2.24, 2.45) is 0 Å². The van der Waals surface area contributed by atoms with Crippen molar-refractivity contribution in [1.29, 1.82) is 0 Å². The van der Waals surface area contributed by atoms with E-state index in [0.717, 1.165) is 24.2 Å². The Morgan fingerprint density at radius 1 is 1.38 bits per heavy atom. The fourth-order valence-corrected chi connectivity index (χ4v) is 2.29. The van der Waals surface area contributed by atoms with E-state index in [4.69, 9.17) is 16.3 Å². The molecular formula is C13H16ClNO. The van der Waals surface area contributed by atoms with Crippen LogP contribution < -0.4 is 4.74 Å². The Bertz CT molecular complexity index is 389. The van der Waals surface area contributed by atoms with E-state index < -0.39 is 0 Å². The normalized spacial score (nSPS) is 21.1. The van der Waals surface area contributed by atoms with E-state index in [2.05, 4.69) is 11.1 Å². The van der Waals surface area contributed by atoms with Crippen LogP contribution in [-0.4, -0.2) is 17.5 Å². The zero-order valence-corrected chi connectivity index (χ0v) is 10.2. The number of halogens is 1. The Balaban J connectivity index is 2.27. The third-order valence-electron chi connectivity index (χ3n) is 2.88. The zero-order valence-electron chi connectivity index (χ0n) is 9.45. The van der Waals surface area contributed by atoms with Gasteiger partial charge in [-0.3, -0.25) is 4.98 Å². The third-order valence-corrected chi connectivity index (χ3v) is 3.22. The number of allylic oxidation sites excluding steroid dienone is 2. The van der Waals surface area contributed by atoms with Crippen LogP contribution in [0.4, 0.5) is 0 Å². The van der Waals surface area contributed by atoms with Gasteiger partial charge in [0, 0.05) is 6.20 Å². The molecule has 2 nitrogen and oxygen atoms in total. The molecule has 1 aromatic rings. The summed E-state index contributed by atoms with van der Waals surface area (Å²) in [4.78, 5) is 4.18. The molecule has 3 heteroatoms. The molecule has 0 aromatic carbocycles. The molecule has 0 amide bonds. The van der Waals surface area contributed by atoms with Crippen molar-refractivity contribution in [1.82, 2.24) is 4.98 Å². The quantitative estimate of drug-likeness (QED) is 0.733. The Kier molecular flexibility index (Phi) is 3.83. The lowest BCUT2D eigenvalue weighted by Crippen LogP contribution is -1.93. The maximum atomic E-state index is 6.21. The zero-order chi connectivity index (χ0) is 11.4. The van der Waals surface area contributed by atoms with Gasteiger partial charge in [-0.1, -0.05) is 12.5 Å². The van der Waals surface area contributed by atoms with Crippen LogP contribution in [0.5, 0.6) is 5.75 Å². The summed E-state index contributed by atoms with van der Waals surface area (Å²) >= 11 is 6.21. The summed E-state index contributed by atoms with van der Waals surface area (Å²) in [7, 11) is 1.66. The van der Waals surface area contributed by atoms with E-state index in [0.29, 0.717) is 0 Å². The molecule has 1 aromatic heterocycles. The predicted molar refractivity (Wildman–Crippen MR) is 66.9 cm³/mol. The molecule has 0 fully saturated rings. The minimum Gasteiger partial charge on any atom is -0.495 e. The van der Waals surface area contributed by atoms with Crippen molar-refractivity contribution in [3.8, 4) is 5.75 Å². The van der Waals surface area contributed by atoms with Gasteiger partial charge in [0.05, 0.1) is 18.7 Å². The second kappa shape index (κ2) is 5.35. The van der Waals surface area contributed by atoms with Crippen molar-refractivity contribution >= 4 is 17.2 Å². The van der Waals surface area contributed by atoms with Crippen LogP contribution in [0, 0.1) is 0 Å². The first-order valence-corrected chi connectivity index (χ1v) is 6.07. The lowest BCUT2D eigenvalue weighted by molar-refractivity contribution is 0.412. The Morgan fingerprint density at radius 2 is 2.25 bits per heavy atom. The van der Waals surface area contributed by atoms with Crippen molar-refractivity contribution in [2.75, 3.05) is 7.11 Å². The number of hydrogen-bond donors (Lipinski definition) is 0. The van der Waals surface area contributed by atoms with Crippen molar-refractivity contribution in [3.63, 3.8) is 0 Å². The second-order valence-electron chi connectivity index (χ2n) is 4.07. The highest BCUT2D eigenvalue weighted by Gasteiger charge is 2.11. The van der Waals surface area contributed by atoms with Crippen LogP contribution in [0.25, 0.3) is 5.57 Å². The number of rotatable bonds is 2. The number of methoxy groups -OCH3 is 1. The van der Waals surface area contributed by atoms with Crippen molar-refractivity contribution < 1.29 is 4.74 Å². The average Bonchev–Trinajstić information content (AvgIpc) is 2.54. The SMILES string of the molecule is COc1cncc(C2=CC(Cl)CCCC2)c1. The van der Waals surface area contributed by atoms with Crippen LogP contribution in [0.2, 0.25) is 0 Å². The van der Waals surface area contributed by atoms with Crippen LogP contribution in [0.15, 0.2) is 24.5 Å². The second-order valence-corrected chi connectivity index (χ2v) is 4.63. The van der Waals surface area contributed by atoms with Gasteiger partial charge in [-0.25, -0.2) is 0 Å². The minimum atomic E-state index is 0.156. The van der Waals surface area contributed by atoms with Gasteiger partial charge < -0.3 is 4.74 Å². The lowest BCUT2D eigenvalue weighted by atomic mass is 10.0. The number of hydrogen-bond acceptors (Lipinski definition) is 2. The Hall–Kier alpha value is -1.02. The van der Waals surface area contributed by atoms with Gasteiger partial charge in [0.1, 0.15) is 5.75 Å². The van der Waals surface area contributed by atoms with Crippen LogP contribution >= 0.6 is 11.6 Å². The van der Waals surface area contributed by atoms with Crippen molar-refractivity contribution in [2.45, 2.75) is 31.1 Å². The van der Waals surface area contributed by atoms with E-state index in [1.54, 1.807) is 13.3 Å². The predicted octanol–water partition coefficient (Wildman–Crippen LogP) is 3.66. The molecule has 86 valence electrons. The molecule has 0 aliphatic heterocycles. The summed E-state index contributed by atoms with van der Waals surface area (Å²) in [6.45, 7) is 0. The summed E-state index contributed by atoms with van der Waals surface area (Å²) in [5.41, 5.74) is 2.43. The van der Waals surface area contributed by atoms with Gasteiger partial charge in [0.25, 0.3) is 0 Å². The highest BCUT2D eigenvalue weighted by Crippen LogP contribution is 2.29. The maximum absolute atomic E-state index is 6.21. The van der Waals surface area contributed by atoms with E-state index in [1.165, 1.54) is 18.4 Å². The van der Waals surface area contributed by atoms with Gasteiger partial charge in [0.15, 0.2) is 0 Å². The topological polar surface area (TPSA) is 22.1 Å². The Labute approximate surface area is 101 Å². The number of ether oxygens (including phenoxy) is 1. The van der Waals surface area contributed by atoms with Crippen LogP contribution in [-0.2, 0) is 0 Å². The number of nitrogens with zero attached hydrogens (tertiary/aromatic N) is 1. The molecule has 0 spiro atoms. The summed E-state index contributed by atoms with van der Waals surface area (Å²) in [6.07, 6.45) is 10.3. The molecule has 0 saturated heterocycles. The van der Waals surface area contributed by atoms with Gasteiger partial charge in [0.2, 0.25) is 0 Å². The van der Waals surface area contributed by atoms with Gasteiger partial charge in [-0.15, -0.1) is 11.6 Å². The highest BCUT2D eigenvalue weighted by molar-refractivity contribution is 6.22. The monoisotopic (exact) mass is 237 g/mol.